The Hall–Kier alpha value is -1.57. The number of hydrogen-bond donors (Lipinski definition) is 1. The monoisotopic (exact) mass is 144 g/mol. The van der Waals surface area contributed by atoms with Crippen molar-refractivity contribution in [2.45, 2.75) is 0 Å². The number of aromatic nitrogens is 1. The molecule has 1 N–H and O–H groups in total. The third kappa shape index (κ3) is 0.923. The number of rotatable bonds is 0. The molecule has 11 heavy (non-hydrogen) atoms. The van der Waals surface area contributed by atoms with Crippen LogP contribution in [0.5, 0.6) is 5.75 Å². The fourth-order valence-electron chi connectivity index (χ4n) is 1.03. The third-order valence-electron chi connectivity index (χ3n) is 1.55. The average Bonchev–Trinajstić information content (AvgIpc) is 2.06. The minimum absolute atomic E-state index is 0.114. The molecular weight excluding hydrogens is 138 g/mol. The molecule has 2 rings (SSSR count). The second-order valence-electron chi connectivity index (χ2n) is 2.27. The van der Waals surface area contributed by atoms with E-state index in [1.165, 1.54) is 0 Å². The number of phenols is 1. The quantitative estimate of drug-likeness (QED) is 0.611. The van der Waals surface area contributed by atoms with Crippen LogP contribution in [0.15, 0.2) is 30.5 Å². The molecule has 0 amide bonds. The molecule has 0 aliphatic carbocycles. The summed E-state index contributed by atoms with van der Waals surface area (Å²) in [6.07, 6.45) is 1.65. The molecule has 0 saturated carbocycles. The van der Waals surface area contributed by atoms with Crippen LogP contribution in [0.25, 0.3) is 10.9 Å². The van der Waals surface area contributed by atoms with E-state index in [1.54, 1.807) is 12.3 Å². The Kier molecular flexibility index (Phi) is 1.25. The molecule has 0 aliphatic rings. The molecule has 0 spiro atoms. The zero-order chi connectivity index (χ0) is 7.68. The molecule has 2 heteroatoms. The van der Waals surface area contributed by atoms with Crippen molar-refractivity contribution in [1.29, 1.82) is 0 Å². The number of aromatic hydroxyl groups is 1. The van der Waals surface area contributed by atoms with Crippen molar-refractivity contribution >= 4 is 10.9 Å². The molecule has 0 saturated heterocycles. The maximum absolute atomic E-state index is 9.25. The lowest BCUT2D eigenvalue weighted by atomic mass is 10.2. The van der Waals surface area contributed by atoms with Crippen LogP contribution in [0.4, 0.5) is 0 Å². The second-order valence-corrected chi connectivity index (χ2v) is 2.27. The summed E-state index contributed by atoms with van der Waals surface area (Å²) in [6.45, 7) is 0. The number of phenolic OH excluding ortho intramolecular Hbond substituents is 1. The standard InChI is InChI=1S/C9H6NO/c11-8-5-1-3-7-4-2-6-10-9(7)8/h1-4,6,11H. The lowest BCUT2D eigenvalue weighted by Crippen LogP contribution is -1.76. The fourth-order valence-corrected chi connectivity index (χ4v) is 1.03. The molecule has 1 radical (unpaired) electrons. The molecule has 2 nitrogen and oxygen atoms in total. The highest BCUT2D eigenvalue weighted by molar-refractivity contribution is 5.83. The minimum atomic E-state index is 0.114. The topological polar surface area (TPSA) is 33.1 Å². The van der Waals surface area contributed by atoms with Crippen molar-refractivity contribution in [3.05, 3.63) is 36.5 Å². The summed E-state index contributed by atoms with van der Waals surface area (Å²) in [6, 6.07) is 9.94. The number of pyridine rings is 1. The van der Waals surface area contributed by atoms with E-state index >= 15 is 0 Å². The van der Waals surface area contributed by atoms with Crippen molar-refractivity contribution < 1.29 is 5.11 Å². The van der Waals surface area contributed by atoms with Gasteiger partial charge in [0, 0.05) is 17.6 Å². The lowest BCUT2D eigenvalue weighted by Gasteiger charge is -1.96. The van der Waals surface area contributed by atoms with Gasteiger partial charge >= 0.3 is 0 Å². The van der Waals surface area contributed by atoms with Gasteiger partial charge in [0.2, 0.25) is 0 Å². The van der Waals surface area contributed by atoms with E-state index in [9.17, 15) is 5.11 Å². The maximum atomic E-state index is 9.25. The molecule has 0 unspecified atom stereocenters. The van der Waals surface area contributed by atoms with Gasteiger partial charge in [0.25, 0.3) is 0 Å². The summed E-state index contributed by atoms with van der Waals surface area (Å²) in [5.74, 6) is 0.114. The second kappa shape index (κ2) is 2.23. The summed E-state index contributed by atoms with van der Waals surface area (Å²) in [7, 11) is 0. The summed E-state index contributed by atoms with van der Waals surface area (Å²) < 4.78 is 0. The lowest BCUT2D eigenvalue weighted by molar-refractivity contribution is 0.479. The first kappa shape index (κ1) is 6.16. The van der Waals surface area contributed by atoms with Gasteiger partial charge in [0.15, 0.2) is 0 Å². The van der Waals surface area contributed by atoms with Gasteiger partial charge in [-0.2, -0.15) is 0 Å². The molecule has 0 atom stereocenters. The van der Waals surface area contributed by atoms with Crippen LogP contribution in [0.3, 0.4) is 0 Å². The van der Waals surface area contributed by atoms with Gasteiger partial charge in [-0.3, -0.25) is 4.98 Å². The molecule has 0 fully saturated rings. The predicted octanol–water partition coefficient (Wildman–Crippen LogP) is 1.74. The minimum Gasteiger partial charge on any atom is -0.505 e. The van der Waals surface area contributed by atoms with Gasteiger partial charge < -0.3 is 5.11 Å². The average molecular weight is 144 g/mol. The highest BCUT2D eigenvalue weighted by atomic mass is 16.3. The first-order valence-corrected chi connectivity index (χ1v) is 3.32. The van der Waals surface area contributed by atoms with Gasteiger partial charge in [-0.05, 0) is 12.1 Å². The van der Waals surface area contributed by atoms with E-state index < -0.39 is 0 Å². The van der Waals surface area contributed by atoms with Gasteiger partial charge in [-0.15, -0.1) is 0 Å². The third-order valence-corrected chi connectivity index (χ3v) is 1.55. The molecule has 2 aromatic rings. The zero-order valence-electron chi connectivity index (χ0n) is 5.78. The SMILES string of the molecule is Oc1[c]ccc2cccnc12. The van der Waals surface area contributed by atoms with Crippen LogP contribution in [0.1, 0.15) is 0 Å². The molecule has 1 aromatic heterocycles. The van der Waals surface area contributed by atoms with Crippen LogP contribution >= 0.6 is 0 Å². The van der Waals surface area contributed by atoms with Crippen LogP contribution in [0, 0.1) is 6.07 Å². The molecule has 1 heterocycles. The summed E-state index contributed by atoms with van der Waals surface area (Å²) >= 11 is 0. The molecular formula is C9H6NO. The number of benzene rings is 1. The van der Waals surface area contributed by atoms with Gasteiger partial charge in [0.05, 0.1) is 0 Å². The van der Waals surface area contributed by atoms with Crippen LogP contribution in [-0.2, 0) is 0 Å². The van der Waals surface area contributed by atoms with E-state index in [1.807, 2.05) is 18.2 Å². The van der Waals surface area contributed by atoms with Crippen molar-refractivity contribution in [2.24, 2.45) is 0 Å². The predicted molar refractivity (Wildman–Crippen MR) is 42.2 cm³/mol. The molecule has 0 aliphatic heterocycles. The highest BCUT2D eigenvalue weighted by Gasteiger charge is 1.96. The Labute approximate surface area is 64.1 Å². The smallest absolute Gasteiger partial charge is 0.149 e. The fraction of sp³-hybridized carbons (Fsp3) is 0. The normalized spacial score (nSPS) is 10.2. The Bertz CT molecular complexity index is 379. The first-order chi connectivity index (χ1) is 5.38. The Balaban J connectivity index is 2.91. The Morgan fingerprint density at radius 1 is 1.36 bits per heavy atom. The summed E-state index contributed by atoms with van der Waals surface area (Å²) in [4.78, 5) is 4.00. The summed E-state index contributed by atoms with van der Waals surface area (Å²) in [5, 5.41) is 10.2. The van der Waals surface area contributed by atoms with E-state index in [-0.39, 0.29) is 5.75 Å². The van der Waals surface area contributed by atoms with E-state index in [0.29, 0.717) is 5.52 Å². The van der Waals surface area contributed by atoms with Crippen LogP contribution < -0.4 is 0 Å². The van der Waals surface area contributed by atoms with Crippen molar-refractivity contribution in [3.8, 4) is 5.75 Å². The van der Waals surface area contributed by atoms with E-state index in [0.717, 1.165) is 5.39 Å². The number of nitrogens with zero attached hydrogens (tertiary/aromatic N) is 1. The van der Waals surface area contributed by atoms with Crippen LogP contribution in [0.2, 0.25) is 0 Å². The van der Waals surface area contributed by atoms with Gasteiger partial charge in [-0.25, -0.2) is 0 Å². The van der Waals surface area contributed by atoms with E-state index in [2.05, 4.69) is 11.1 Å². The number of fused-ring (bicyclic) bond motifs is 1. The number of hydrogen-bond acceptors (Lipinski definition) is 2. The Morgan fingerprint density at radius 2 is 2.27 bits per heavy atom. The van der Waals surface area contributed by atoms with Gasteiger partial charge in [0.1, 0.15) is 11.3 Å². The largest absolute Gasteiger partial charge is 0.505 e. The van der Waals surface area contributed by atoms with Crippen LogP contribution in [-0.4, -0.2) is 10.1 Å². The zero-order valence-corrected chi connectivity index (χ0v) is 5.78. The van der Waals surface area contributed by atoms with Crippen molar-refractivity contribution in [3.63, 3.8) is 0 Å². The summed E-state index contributed by atoms with van der Waals surface area (Å²) in [5.41, 5.74) is 0.606. The molecule has 0 bridgehead atoms. The Morgan fingerprint density at radius 3 is 3.09 bits per heavy atom. The van der Waals surface area contributed by atoms with Crippen molar-refractivity contribution in [2.75, 3.05) is 0 Å². The maximum Gasteiger partial charge on any atom is 0.149 e. The molecule has 53 valence electrons. The van der Waals surface area contributed by atoms with Gasteiger partial charge in [-0.1, -0.05) is 12.1 Å². The molecule has 1 aromatic carbocycles. The van der Waals surface area contributed by atoms with Crippen molar-refractivity contribution in [1.82, 2.24) is 4.98 Å². The highest BCUT2D eigenvalue weighted by Crippen LogP contribution is 2.19. The first-order valence-electron chi connectivity index (χ1n) is 3.32. The van der Waals surface area contributed by atoms with E-state index in [4.69, 9.17) is 0 Å².